The van der Waals surface area contributed by atoms with Crippen molar-refractivity contribution in [2.75, 3.05) is 13.7 Å². The maximum absolute atomic E-state index is 11.9. The van der Waals surface area contributed by atoms with Crippen LogP contribution in [0.1, 0.15) is 34.6 Å². The Balaban J connectivity index is 6.22. The Morgan fingerprint density at radius 3 is 1.79 bits per heavy atom. The molecule has 9 heteroatoms. The second kappa shape index (κ2) is 7.66. The fourth-order valence-corrected chi connectivity index (χ4v) is 2.46. The van der Waals surface area contributed by atoms with Crippen molar-refractivity contribution in [2.24, 2.45) is 0 Å². The summed E-state index contributed by atoms with van der Waals surface area (Å²) >= 11 is 0. The zero-order valence-corrected chi connectivity index (χ0v) is 14.7. The average Bonchev–Trinajstić information content (AvgIpc) is 2.43. The van der Waals surface area contributed by atoms with Crippen molar-refractivity contribution >= 4 is 17.5 Å². The lowest BCUT2D eigenvalue weighted by molar-refractivity contribution is -0.275. The number of hydrogen-bond acceptors (Lipinski definition) is 9. The van der Waals surface area contributed by atoms with Crippen LogP contribution in [0.3, 0.4) is 0 Å². The Morgan fingerprint density at radius 1 is 1.04 bits per heavy atom. The Hall–Kier alpha value is -1.39. The molecule has 9 nitrogen and oxygen atoms in total. The lowest BCUT2D eigenvalue weighted by Gasteiger charge is -2.51. The second-order valence-electron chi connectivity index (χ2n) is 6.11. The average molecular weight is 350 g/mol. The summed E-state index contributed by atoms with van der Waals surface area (Å²) in [6.45, 7) is 4.25. The predicted molar refractivity (Wildman–Crippen MR) is 81.0 cm³/mol. The topological polar surface area (TPSA) is 151 Å². The van der Waals surface area contributed by atoms with Gasteiger partial charge in [-0.1, -0.05) is 0 Å². The first-order chi connectivity index (χ1) is 10.7. The number of hydrogen-bond donors (Lipinski definition) is 4. The van der Waals surface area contributed by atoms with Crippen LogP contribution in [0.4, 0.5) is 0 Å². The lowest BCUT2D eigenvalue weighted by Crippen LogP contribution is -2.76. The number of carbonyl (C=O) groups excluding carboxylic acids is 3. The van der Waals surface area contributed by atoms with E-state index in [1.54, 1.807) is 0 Å². The summed E-state index contributed by atoms with van der Waals surface area (Å²) in [5.74, 6) is -2.97. The number of aliphatic hydroxyl groups is 4. The summed E-state index contributed by atoms with van der Waals surface area (Å²) in [4.78, 5) is 34.6. The van der Waals surface area contributed by atoms with Gasteiger partial charge in [0.25, 0.3) is 0 Å². The highest BCUT2D eigenvalue weighted by Gasteiger charge is 2.66. The molecule has 0 fully saturated rings. The Morgan fingerprint density at radius 2 is 1.50 bits per heavy atom. The summed E-state index contributed by atoms with van der Waals surface area (Å²) in [6, 6.07) is 0. The highest BCUT2D eigenvalue weighted by atomic mass is 16.6. The number of esters is 1. The van der Waals surface area contributed by atoms with E-state index in [9.17, 15) is 34.8 Å². The normalized spacial score (nSPS) is 21.6. The molecule has 0 radical (unpaired) electrons. The first kappa shape index (κ1) is 22.6. The quantitative estimate of drug-likeness (QED) is 0.358. The van der Waals surface area contributed by atoms with Crippen molar-refractivity contribution in [2.45, 2.75) is 63.6 Å². The van der Waals surface area contributed by atoms with Gasteiger partial charge in [-0.15, -0.1) is 0 Å². The first-order valence-electron chi connectivity index (χ1n) is 7.20. The van der Waals surface area contributed by atoms with E-state index in [2.05, 4.69) is 0 Å². The van der Waals surface area contributed by atoms with Gasteiger partial charge in [0, 0.05) is 14.0 Å². The third-order valence-electron chi connectivity index (χ3n) is 4.30. The standard InChI is InChI=1S/C15H26O9/c1-8(16)12(19)15(22,9(2)17)14(5,21)13(4,20)11(7-23-6)24-10(3)18/h11-12,19-22H,7H2,1-6H3/t11-,12?,13-,14+,15+/m1/s1. The Bertz CT molecular complexity index is 497. The molecule has 0 aliphatic carbocycles. The van der Waals surface area contributed by atoms with Crippen molar-refractivity contribution in [1.82, 2.24) is 0 Å². The van der Waals surface area contributed by atoms with Crippen LogP contribution in [0.25, 0.3) is 0 Å². The van der Waals surface area contributed by atoms with Gasteiger partial charge in [-0.25, -0.2) is 0 Å². The third kappa shape index (κ3) is 3.81. The molecule has 5 atom stereocenters. The summed E-state index contributed by atoms with van der Waals surface area (Å²) in [7, 11) is 1.24. The molecule has 24 heavy (non-hydrogen) atoms. The van der Waals surface area contributed by atoms with E-state index in [-0.39, 0.29) is 6.61 Å². The minimum absolute atomic E-state index is 0.382. The van der Waals surface area contributed by atoms with Gasteiger partial charge in [-0.05, 0) is 27.7 Å². The monoisotopic (exact) mass is 350 g/mol. The largest absolute Gasteiger partial charge is 0.457 e. The zero-order chi connectivity index (χ0) is 19.5. The van der Waals surface area contributed by atoms with Gasteiger partial charge < -0.3 is 29.9 Å². The molecule has 0 aromatic heterocycles. The van der Waals surface area contributed by atoms with E-state index in [1.807, 2.05) is 0 Å². The van der Waals surface area contributed by atoms with Crippen molar-refractivity contribution in [3.05, 3.63) is 0 Å². The number of Topliss-reactive ketones (excluding diaryl/α,β-unsaturated/α-hetero) is 2. The molecule has 1 unspecified atom stereocenters. The van der Waals surface area contributed by atoms with E-state index in [1.165, 1.54) is 7.11 Å². The molecule has 0 spiro atoms. The van der Waals surface area contributed by atoms with Gasteiger partial charge in [-0.2, -0.15) is 0 Å². The van der Waals surface area contributed by atoms with E-state index in [4.69, 9.17) is 9.47 Å². The minimum Gasteiger partial charge on any atom is -0.457 e. The van der Waals surface area contributed by atoms with Gasteiger partial charge in [-0.3, -0.25) is 14.4 Å². The highest BCUT2D eigenvalue weighted by molar-refractivity contribution is 5.95. The van der Waals surface area contributed by atoms with Crippen LogP contribution >= 0.6 is 0 Å². The molecule has 0 heterocycles. The molecular formula is C15H26O9. The van der Waals surface area contributed by atoms with E-state index >= 15 is 0 Å². The van der Waals surface area contributed by atoms with Crippen LogP contribution in [-0.4, -0.2) is 80.7 Å². The molecule has 0 aromatic rings. The van der Waals surface area contributed by atoms with Gasteiger partial charge in [0.1, 0.15) is 11.2 Å². The number of ketones is 2. The van der Waals surface area contributed by atoms with E-state index < -0.39 is 46.5 Å². The fourth-order valence-electron chi connectivity index (χ4n) is 2.46. The third-order valence-corrected chi connectivity index (χ3v) is 4.30. The number of ether oxygens (including phenoxy) is 2. The molecule has 0 bridgehead atoms. The van der Waals surface area contributed by atoms with Crippen LogP contribution in [0, 0.1) is 0 Å². The number of methoxy groups -OCH3 is 1. The van der Waals surface area contributed by atoms with Gasteiger partial charge in [0.15, 0.2) is 29.4 Å². The van der Waals surface area contributed by atoms with Gasteiger partial charge >= 0.3 is 5.97 Å². The second-order valence-corrected chi connectivity index (χ2v) is 6.11. The molecule has 140 valence electrons. The molecule has 0 aromatic carbocycles. The summed E-state index contributed by atoms with van der Waals surface area (Å²) in [5.41, 5.74) is -8.30. The van der Waals surface area contributed by atoms with Crippen LogP contribution < -0.4 is 0 Å². The van der Waals surface area contributed by atoms with Crippen molar-refractivity contribution in [3.8, 4) is 0 Å². The molecule has 0 aliphatic rings. The van der Waals surface area contributed by atoms with Crippen molar-refractivity contribution in [1.29, 1.82) is 0 Å². The molecule has 0 saturated heterocycles. The molecular weight excluding hydrogens is 324 g/mol. The van der Waals surface area contributed by atoms with Crippen LogP contribution in [0.2, 0.25) is 0 Å². The van der Waals surface area contributed by atoms with Crippen molar-refractivity contribution in [3.63, 3.8) is 0 Å². The van der Waals surface area contributed by atoms with Crippen molar-refractivity contribution < 1.29 is 44.3 Å². The number of rotatable bonds is 9. The number of carbonyl (C=O) groups is 3. The minimum atomic E-state index is -3.05. The first-order valence-corrected chi connectivity index (χ1v) is 7.20. The maximum atomic E-state index is 11.9. The summed E-state index contributed by atoms with van der Waals surface area (Å²) in [5, 5.41) is 42.1. The molecule has 0 aliphatic heterocycles. The van der Waals surface area contributed by atoms with Gasteiger partial charge in [0.2, 0.25) is 0 Å². The van der Waals surface area contributed by atoms with E-state index in [0.717, 1.165) is 34.6 Å². The highest BCUT2D eigenvalue weighted by Crippen LogP contribution is 2.39. The summed E-state index contributed by atoms with van der Waals surface area (Å²) < 4.78 is 9.72. The fraction of sp³-hybridized carbons (Fsp3) is 0.800. The predicted octanol–water partition coefficient (Wildman–Crippen LogP) is -1.66. The molecule has 4 N–H and O–H groups in total. The van der Waals surface area contributed by atoms with E-state index in [0.29, 0.717) is 0 Å². The smallest absolute Gasteiger partial charge is 0.303 e. The van der Waals surface area contributed by atoms with Gasteiger partial charge in [0.05, 0.1) is 6.61 Å². The Labute approximate surface area is 140 Å². The summed E-state index contributed by atoms with van der Waals surface area (Å²) in [6.07, 6.45) is -3.81. The zero-order valence-electron chi connectivity index (χ0n) is 14.7. The SMILES string of the molecule is COC[C@@H](OC(C)=O)[C@@](C)(O)[C@](C)(O)[C@](O)(C(C)=O)C(O)C(C)=O. The molecule has 0 amide bonds. The molecule has 0 saturated carbocycles. The Kier molecular flexibility index (Phi) is 7.22. The molecule has 0 rings (SSSR count). The van der Waals surface area contributed by atoms with Crippen LogP contribution in [0.15, 0.2) is 0 Å². The number of aliphatic hydroxyl groups excluding tert-OH is 1. The lowest BCUT2D eigenvalue weighted by atomic mass is 9.65. The maximum Gasteiger partial charge on any atom is 0.303 e. The van der Waals surface area contributed by atoms with Crippen LogP contribution in [0.5, 0.6) is 0 Å². The van der Waals surface area contributed by atoms with Crippen LogP contribution in [-0.2, 0) is 23.9 Å².